The molecule has 0 saturated carbocycles. The van der Waals surface area contributed by atoms with Gasteiger partial charge in [0.25, 0.3) is 0 Å². The summed E-state index contributed by atoms with van der Waals surface area (Å²) in [5.41, 5.74) is 1.32. The van der Waals surface area contributed by atoms with Gasteiger partial charge in [-0.05, 0) is 24.5 Å². The van der Waals surface area contributed by atoms with Crippen molar-refractivity contribution in [2.45, 2.75) is 26.8 Å². The Balaban J connectivity index is 2.78. The second-order valence-corrected chi connectivity index (χ2v) is 3.65. The fourth-order valence-corrected chi connectivity index (χ4v) is 1.44. The molecule has 0 aromatic heterocycles. The van der Waals surface area contributed by atoms with E-state index in [-0.39, 0.29) is 0 Å². The van der Waals surface area contributed by atoms with E-state index in [2.05, 4.69) is 32.2 Å². The molecule has 1 aliphatic rings. The van der Waals surface area contributed by atoms with E-state index >= 15 is 0 Å². The van der Waals surface area contributed by atoms with Gasteiger partial charge < -0.3 is 5.32 Å². The summed E-state index contributed by atoms with van der Waals surface area (Å²) in [6.45, 7) is 6.44. The molecule has 2 heteroatoms. The lowest BCUT2D eigenvalue weighted by Crippen LogP contribution is -2.25. The highest BCUT2D eigenvalue weighted by Crippen LogP contribution is 2.19. The van der Waals surface area contributed by atoms with E-state index in [4.69, 9.17) is 11.6 Å². The average molecular weight is 172 g/mol. The van der Waals surface area contributed by atoms with Crippen molar-refractivity contribution in [3.05, 3.63) is 22.9 Å². The molecule has 62 valence electrons. The number of allylic oxidation sites excluding steroid dienone is 2. The van der Waals surface area contributed by atoms with Crippen LogP contribution in [0, 0.1) is 5.92 Å². The van der Waals surface area contributed by atoms with Gasteiger partial charge in [-0.3, -0.25) is 0 Å². The van der Waals surface area contributed by atoms with Gasteiger partial charge in [-0.2, -0.15) is 0 Å². The lowest BCUT2D eigenvalue weighted by Gasteiger charge is -2.19. The minimum atomic E-state index is 0.366. The molecular weight excluding hydrogens is 158 g/mol. The van der Waals surface area contributed by atoms with Crippen molar-refractivity contribution in [3.8, 4) is 0 Å². The molecular formula is C9H14ClN. The topological polar surface area (TPSA) is 12.0 Å². The van der Waals surface area contributed by atoms with Gasteiger partial charge in [-0.1, -0.05) is 31.5 Å². The summed E-state index contributed by atoms with van der Waals surface area (Å²) in [7, 11) is 0. The molecule has 0 amide bonds. The molecule has 0 spiro atoms. The van der Waals surface area contributed by atoms with E-state index in [1.54, 1.807) is 0 Å². The molecule has 0 fully saturated rings. The number of hydrogen-bond acceptors (Lipinski definition) is 1. The molecule has 0 aromatic carbocycles. The minimum absolute atomic E-state index is 0.366. The first-order valence-corrected chi connectivity index (χ1v) is 4.33. The van der Waals surface area contributed by atoms with Gasteiger partial charge in [0.15, 0.2) is 0 Å². The Hall–Kier alpha value is -0.430. The lowest BCUT2D eigenvalue weighted by atomic mass is 9.99. The van der Waals surface area contributed by atoms with Crippen molar-refractivity contribution >= 4 is 11.6 Å². The number of hydrogen-bond donors (Lipinski definition) is 1. The van der Waals surface area contributed by atoms with Gasteiger partial charge in [0, 0.05) is 6.04 Å². The number of nitrogens with one attached hydrogen (secondary N) is 1. The highest BCUT2D eigenvalue weighted by Gasteiger charge is 2.10. The number of halogens is 1. The first-order chi connectivity index (χ1) is 5.09. The molecule has 1 unspecified atom stereocenters. The van der Waals surface area contributed by atoms with Crippen molar-refractivity contribution in [2.24, 2.45) is 5.92 Å². The number of dihydropyridines is 1. The van der Waals surface area contributed by atoms with Crippen LogP contribution < -0.4 is 5.32 Å². The predicted octanol–water partition coefficient (Wildman–Crippen LogP) is 2.64. The zero-order valence-electron chi connectivity index (χ0n) is 7.19. The zero-order valence-corrected chi connectivity index (χ0v) is 7.94. The summed E-state index contributed by atoms with van der Waals surface area (Å²) < 4.78 is 0. The van der Waals surface area contributed by atoms with Crippen molar-refractivity contribution < 1.29 is 0 Å². The van der Waals surface area contributed by atoms with E-state index < -0.39 is 0 Å². The molecule has 0 aromatic rings. The van der Waals surface area contributed by atoms with Crippen LogP contribution in [0.1, 0.15) is 20.8 Å². The average Bonchev–Trinajstić information content (AvgIpc) is 1.85. The summed E-state index contributed by atoms with van der Waals surface area (Å²) in [5.74, 6) is 0.563. The van der Waals surface area contributed by atoms with Crippen LogP contribution in [-0.2, 0) is 0 Å². The monoisotopic (exact) mass is 171 g/mol. The number of rotatable bonds is 1. The Morgan fingerprint density at radius 2 is 2.18 bits per heavy atom. The van der Waals surface area contributed by atoms with Crippen LogP contribution in [0.3, 0.4) is 0 Å². The summed E-state index contributed by atoms with van der Waals surface area (Å²) in [6, 6.07) is 0.366. The van der Waals surface area contributed by atoms with E-state index in [9.17, 15) is 0 Å². The standard InChI is InChI=1S/C9H14ClN/c1-6(2)8-4-7(3)11-9(10)5-8/h4-7,11H,1-3H3. The van der Waals surface area contributed by atoms with Crippen LogP contribution in [0.25, 0.3) is 0 Å². The van der Waals surface area contributed by atoms with E-state index in [0.717, 1.165) is 5.16 Å². The smallest absolute Gasteiger partial charge is 0.102 e. The summed E-state index contributed by atoms with van der Waals surface area (Å²) in [5, 5.41) is 3.87. The van der Waals surface area contributed by atoms with Crippen LogP contribution in [0.5, 0.6) is 0 Å². The molecule has 0 radical (unpaired) electrons. The molecule has 11 heavy (non-hydrogen) atoms. The van der Waals surface area contributed by atoms with Gasteiger partial charge in [0.05, 0.1) is 0 Å². The molecule has 1 rings (SSSR count). The normalized spacial score (nSPS) is 24.3. The summed E-state index contributed by atoms with van der Waals surface area (Å²) in [6.07, 6.45) is 4.20. The Morgan fingerprint density at radius 3 is 2.64 bits per heavy atom. The third-order valence-electron chi connectivity index (χ3n) is 1.77. The molecule has 0 bridgehead atoms. The predicted molar refractivity (Wildman–Crippen MR) is 49.5 cm³/mol. The van der Waals surface area contributed by atoms with Crippen LogP contribution in [0.15, 0.2) is 22.9 Å². The minimum Gasteiger partial charge on any atom is -0.370 e. The van der Waals surface area contributed by atoms with Crippen molar-refractivity contribution in [3.63, 3.8) is 0 Å². The van der Waals surface area contributed by atoms with Gasteiger partial charge >= 0.3 is 0 Å². The van der Waals surface area contributed by atoms with Crippen LogP contribution in [0.2, 0.25) is 0 Å². The van der Waals surface area contributed by atoms with Gasteiger partial charge in [-0.15, -0.1) is 0 Å². The Kier molecular flexibility index (Phi) is 2.61. The summed E-state index contributed by atoms with van der Waals surface area (Å²) >= 11 is 5.86. The maximum atomic E-state index is 5.86. The quantitative estimate of drug-likeness (QED) is 0.599. The Labute approximate surface area is 73.1 Å². The van der Waals surface area contributed by atoms with Crippen molar-refractivity contribution in [1.29, 1.82) is 0 Å². The fraction of sp³-hybridized carbons (Fsp3) is 0.556. The maximum absolute atomic E-state index is 5.86. The zero-order chi connectivity index (χ0) is 8.43. The van der Waals surface area contributed by atoms with Gasteiger partial charge in [-0.25, -0.2) is 0 Å². The van der Waals surface area contributed by atoms with E-state index in [0.29, 0.717) is 12.0 Å². The molecule has 1 nitrogen and oxygen atoms in total. The SMILES string of the molecule is CC1C=C(C(C)C)C=C(Cl)N1. The molecule has 0 aliphatic carbocycles. The molecule has 1 N–H and O–H groups in total. The highest BCUT2D eigenvalue weighted by atomic mass is 35.5. The van der Waals surface area contributed by atoms with E-state index in [1.807, 2.05) is 6.08 Å². The summed E-state index contributed by atoms with van der Waals surface area (Å²) in [4.78, 5) is 0. The second-order valence-electron chi connectivity index (χ2n) is 3.25. The molecule has 1 atom stereocenters. The Bertz CT molecular complexity index is 204. The largest absolute Gasteiger partial charge is 0.370 e. The second kappa shape index (κ2) is 3.31. The molecule has 0 saturated heterocycles. The molecule has 1 heterocycles. The van der Waals surface area contributed by atoms with Gasteiger partial charge in [0.2, 0.25) is 0 Å². The maximum Gasteiger partial charge on any atom is 0.102 e. The van der Waals surface area contributed by atoms with Crippen LogP contribution in [-0.4, -0.2) is 6.04 Å². The van der Waals surface area contributed by atoms with Crippen LogP contribution in [0.4, 0.5) is 0 Å². The van der Waals surface area contributed by atoms with E-state index in [1.165, 1.54) is 5.57 Å². The third kappa shape index (κ3) is 2.26. The van der Waals surface area contributed by atoms with Crippen molar-refractivity contribution in [2.75, 3.05) is 0 Å². The van der Waals surface area contributed by atoms with Crippen molar-refractivity contribution in [1.82, 2.24) is 5.32 Å². The fourth-order valence-electron chi connectivity index (χ4n) is 1.14. The van der Waals surface area contributed by atoms with Gasteiger partial charge in [0.1, 0.15) is 5.16 Å². The first kappa shape index (κ1) is 8.66. The first-order valence-electron chi connectivity index (χ1n) is 3.95. The lowest BCUT2D eigenvalue weighted by molar-refractivity contribution is 0.699. The van der Waals surface area contributed by atoms with Crippen LogP contribution >= 0.6 is 11.6 Å². The highest BCUT2D eigenvalue weighted by molar-refractivity contribution is 6.29. The third-order valence-corrected chi connectivity index (χ3v) is 1.99. The molecule has 1 aliphatic heterocycles. The Morgan fingerprint density at radius 1 is 1.55 bits per heavy atom.